The molecule has 0 aliphatic carbocycles. The third-order valence-electron chi connectivity index (χ3n) is 3.32. The lowest BCUT2D eigenvalue weighted by atomic mass is 10.1. The molecule has 1 amide bonds. The lowest BCUT2D eigenvalue weighted by Gasteiger charge is -2.07. The number of unbranched alkanes of at least 4 members (excludes halogenated alkanes) is 1. The number of hydrogen-bond donors (Lipinski definition) is 1. The fourth-order valence-corrected chi connectivity index (χ4v) is 2.75. The van der Waals surface area contributed by atoms with Crippen LogP contribution in [0.1, 0.15) is 25.3 Å². The van der Waals surface area contributed by atoms with Crippen molar-refractivity contribution in [2.45, 2.75) is 26.4 Å². The van der Waals surface area contributed by atoms with Gasteiger partial charge in [-0.2, -0.15) is 0 Å². The van der Waals surface area contributed by atoms with Crippen molar-refractivity contribution in [2.75, 3.05) is 5.32 Å². The molecular formula is C20H22N2O2S. The van der Waals surface area contributed by atoms with Crippen molar-refractivity contribution < 1.29 is 9.53 Å². The molecule has 1 aromatic carbocycles. The molecule has 0 bridgehead atoms. The second-order valence-electron chi connectivity index (χ2n) is 5.33. The highest BCUT2D eigenvalue weighted by atomic mass is 32.1. The third kappa shape index (κ3) is 6.39. The SMILES string of the molecule is C=C(/C=C\C=C/CCC)OCc1cccc(-c2csc(NC=O)n2)c1. The summed E-state index contributed by atoms with van der Waals surface area (Å²) in [7, 11) is 0. The van der Waals surface area contributed by atoms with Crippen molar-refractivity contribution in [3.05, 3.63) is 71.9 Å². The first-order chi connectivity index (χ1) is 12.2. The van der Waals surface area contributed by atoms with Gasteiger partial charge in [-0.25, -0.2) is 4.98 Å². The van der Waals surface area contributed by atoms with E-state index >= 15 is 0 Å². The summed E-state index contributed by atoms with van der Waals surface area (Å²) in [6.07, 6.45) is 10.8. The fraction of sp³-hybridized carbons (Fsp3) is 0.200. The summed E-state index contributed by atoms with van der Waals surface area (Å²) in [5, 5.41) is 5.06. The second-order valence-corrected chi connectivity index (χ2v) is 6.19. The smallest absolute Gasteiger partial charge is 0.213 e. The maximum Gasteiger partial charge on any atom is 0.213 e. The predicted molar refractivity (Wildman–Crippen MR) is 104 cm³/mol. The van der Waals surface area contributed by atoms with Crippen LogP contribution in [0, 0.1) is 0 Å². The zero-order valence-corrected chi connectivity index (χ0v) is 15.1. The van der Waals surface area contributed by atoms with Crippen LogP contribution in [0.3, 0.4) is 0 Å². The zero-order valence-electron chi connectivity index (χ0n) is 14.3. The van der Waals surface area contributed by atoms with Crippen LogP contribution in [0.4, 0.5) is 5.13 Å². The Morgan fingerprint density at radius 3 is 3.08 bits per heavy atom. The minimum Gasteiger partial charge on any atom is -0.490 e. The molecule has 0 radical (unpaired) electrons. The second kappa shape index (κ2) is 10.3. The van der Waals surface area contributed by atoms with Gasteiger partial charge in [-0.1, -0.05) is 56.4 Å². The molecule has 0 unspecified atom stereocenters. The van der Waals surface area contributed by atoms with Crippen LogP contribution in [-0.4, -0.2) is 11.4 Å². The van der Waals surface area contributed by atoms with Gasteiger partial charge in [-0.3, -0.25) is 4.79 Å². The fourth-order valence-electron chi connectivity index (χ4n) is 2.07. The van der Waals surface area contributed by atoms with Crippen LogP contribution in [0.25, 0.3) is 11.3 Å². The summed E-state index contributed by atoms with van der Waals surface area (Å²) in [6, 6.07) is 7.97. The molecule has 5 heteroatoms. The Kier molecular flexibility index (Phi) is 7.66. The molecular weight excluding hydrogens is 332 g/mol. The van der Waals surface area contributed by atoms with Crippen LogP contribution in [-0.2, 0) is 16.1 Å². The maximum absolute atomic E-state index is 10.5. The molecule has 1 aromatic heterocycles. The van der Waals surface area contributed by atoms with Gasteiger partial charge in [-0.05, 0) is 24.1 Å². The van der Waals surface area contributed by atoms with Crippen molar-refractivity contribution in [1.82, 2.24) is 4.98 Å². The minimum atomic E-state index is 0.444. The van der Waals surface area contributed by atoms with Crippen molar-refractivity contribution in [3.8, 4) is 11.3 Å². The lowest BCUT2D eigenvalue weighted by Crippen LogP contribution is -1.93. The highest BCUT2D eigenvalue weighted by Gasteiger charge is 2.05. The van der Waals surface area contributed by atoms with E-state index in [0.717, 1.165) is 29.7 Å². The molecule has 2 aromatic rings. The van der Waals surface area contributed by atoms with Gasteiger partial charge in [0.15, 0.2) is 5.13 Å². The number of thiazole rings is 1. The molecule has 1 heterocycles. The Labute approximate surface area is 152 Å². The highest BCUT2D eigenvalue weighted by Crippen LogP contribution is 2.25. The molecule has 1 N–H and O–H groups in total. The molecule has 0 saturated carbocycles. The van der Waals surface area contributed by atoms with Gasteiger partial charge in [0.2, 0.25) is 6.41 Å². The highest BCUT2D eigenvalue weighted by molar-refractivity contribution is 7.14. The Morgan fingerprint density at radius 1 is 1.40 bits per heavy atom. The molecule has 130 valence electrons. The number of aromatic nitrogens is 1. The van der Waals surface area contributed by atoms with Gasteiger partial charge in [0.25, 0.3) is 0 Å². The minimum absolute atomic E-state index is 0.444. The molecule has 0 aliphatic heterocycles. The standard InChI is InChI=1S/C20H22N2O2S/c1-3-4-5-6-7-9-16(2)24-13-17-10-8-11-18(12-17)19-14-25-20(22-19)21-15-23/h5-12,14-15H,2-4,13H2,1H3,(H,21,22,23)/b6-5-,9-7-. The first kappa shape index (κ1) is 18.7. The Bertz CT molecular complexity index is 763. The van der Waals surface area contributed by atoms with E-state index < -0.39 is 0 Å². The summed E-state index contributed by atoms with van der Waals surface area (Å²) in [6.45, 7) is 6.49. The summed E-state index contributed by atoms with van der Waals surface area (Å²) in [5.41, 5.74) is 2.85. The first-order valence-corrected chi connectivity index (χ1v) is 9.01. The number of rotatable bonds is 10. The van der Waals surface area contributed by atoms with Crippen molar-refractivity contribution in [2.24, 2.45) is 0 Å². The van der Waals surface area contributed by atoms with Crippen LogP contribution >= 0.6 is 11.3 Å². The lowest BCUT2D eigenvalue weighted by molar-refractivity contribution is -0.105. The summed E-state index contributed by atoms with van der Waals surface area (Å²) in [4.78, 5) is 14.8. The van der Waals surface area contributed by atoms with Gasteiger partial charge in [0.1, 0.15) is 12.4 Å². The van der Waals surface area contributed by atoms with Crippen molar-refractivity contribution in [1.29, 1.82) is 0 Å². The predicted octanol–water partition coefficient (Wildman–Crippen LogP) is 5.32. The number of benzene rings is 1. The maximum atomic E-state index is 10.5. The van der Waals surface area contributed by atoms with Gasteiger partial charge in [0.05, 0.1) is 5.69 Å². The van der Waals surface area contributed by atoms with E-state index in [9.17, 15) is 4.79 Å². The van der Waals surface area contributed by atoms with Crippen LogP contribution < -0.4 is 5.32 Å². The van der Waals surface area contributed by atoms with Crippen molar-refractivity contribution >= 4 is 22.9 Å². The van der Waals surface area contributed by atoms with Gasteiger partial charge >= 0.3 is 0 Å². The average Bonchev–Trinajstić information content (AvgIpc) is 3.09. The quantitative estimate of drug-likeness (QED) is 0.357. The van der Waals surface area contributed by atoms with Crippen molar-refractivity contribution in [3.63, 3.8) is 0 Å². The number of nitrogens with zero attached hydrogens (tertiary/aromatic N) is 1. The number of anilines is 1. The number of nitrogens with one attached hydrogen (secondary N) is 1. The number of carbonyl (C=O) groups excluding carboxylic acids is 1. The van der Waals surface area contributed by atoms with Crippen LogP contribution in [0.15, 0.2) is 66.3 Å². The number of ether oxygens (including phenoxy) is 1. The third-order valence-corrected chi connectivity index (χ3v) is 4.09. The molecule has 25 heavy (non-hydrogen) atoms. The Balaban J connectivity index is 1.92. The van der Waals surface area contributed by atoms with Crippen LogP contribution in [0.2, 0.25) is 0 Å². The topological polar surface area (TPSA) is 51.2 Å². The molecule has 0 fully saturated rings. The molecule has 4 nitrogen and oxygen atoms in total. The zero-order chi connectivity index (χ0) is 17.9. The number of carbonyl (C=O) groups is 1. The van der Waals surface area contributed by atoms with E-state index in [1.165, 1.54) is 11.3 Å². The Hall–Kier alpha value is -2.66. The van der Waals surface area contributed by atoms with E-state index in [2.05, 4.69) is 29.9 Å². The summed E-state index contributed by atoms with van der Waals surface area (Å²) < 4.78 is 5.68. The molecule has 0 atom stereocenters. The van der Waals surface area contributed by atoms with Crippen LogP contribution in [0.5, 0.6) is 0 Å². The molecule has 0 saturated heterocycles. The number of hydrogen-bond acceptors (Lipinski definition) is 4. The summed E-state index contributed by atoms with van der Waals surface area (Å²) in [5.74, 6) is 0.623. The van der Waals surface area contributed by atoms with Gasteiger partial charge in [-0.15, -0.1) is 11.3 Å². The van der Waals surface area contributed by atoms with E-state index in [4.69, 9.17) is 4.74 Å². The first-order valence-electron chi connectivity index (χ1n) is 8.13. The van der Waals surface area contributed by atoms with E-state index in [1.54, 1.807) is 0 Å². The summed E-state index contributed by atoms with van der Waals surface area (Å²) >= 11 is 1.39. The number of allylic oxidation sites excluding steroid dienone is 4. The van der Waals surface area contributed by atoms with E-state index in [1.807, 2.05) is 47.9 Å². The van der Waals surface area contributed by atoms with Gasteiger partial charge < -0.3 is 10.1 Å². The largest absolute Gasteiger partial charge is 0.490 e. The average molecular weight is 354 g/mol. The monoisotopic (exact) mass is 354 g/mol. The molecule has 0 aliphatic rings. The van der Waals surface area contributed by atoms with E-state index in [-0.39, 0.29) is 0 Å². The Morgan fingerprint density at radius 2 is 2.28 bits per heavy atom. The molecule has 0 spiro atoms. The van der Waals surface area contributed by atoms with Gasteiger partial charge in [0, 0.05) is 10.9 Å². The van der Waals surface area contributed by atoms with E-state index in [0.29, 0.717) is 23.9 Å². The number of amides is 1. The molecule has 2 rings (SSSR count). The normalized spacial score (nSPS) is 11.1.